The molecule has 0 aliphatic carbocycles. The molecule has 126 valence electrons. The summed E-state index contributed by atoms with van der Waals surface area (Å²) < 4.78 is 1.70. The van der Waals surface area contributed by atoms with Crippen molar-refractivity contribution in [1.82, 2.24) is 20.2 Å². The smallest absolute Gasteiger partial charge is 0.267 e. The Balaban J connectivity index is 1.67. The number of carbonyl (C=O) groups is 1. The number of nitrogens with zero attached hydrogens (tertiary/aromatic N) is 3. The standard InChI is InChI=1S/C18H17N5O2/c24-18(22-25)10-7-15-3-1-2-4-17(15)20-11-14-5-8-16(9-6-14)23-13-19-12-21-23/h1-10,12-13,20,25H,11H2,(H,22,24)/b10-7+. The van der Waals surface area contributed by atoms with E-state index in [1.807, 2.05) is 48.5 Å². The van der Waals surface area contributed by atoms with Crippen LogP contribution in [0.1, 0.15) is 11.1 Å². The van der Waals surface area contributed by atoms with Gasteiger partial charge in [-0.3, -0.25) is 10.0 Å². The van der Waals surface area contributed by atoms with Crippen LogP contribution in [0, 0.1) is 0 Å². The van der Waals surface area contributed by atoms with Crippen molar-refractivity contribution in [2.24, 2.45) is 0 Å². The highest BCUT2D eigenvalue weighted by Crippen LogP contribution is 2.18. The third kappa shape index (κ3) is 4.30. The van der Waals surface area contributed by atoms with E-state index in [0.29, 0.717) is 6.54 Å². The average molecular weight is 335 g/mol. The maximum atomic E-state index is 11.1. The summed E-state index contributed by atoms with van der Waals surface area (Å²) in [5.74, 6) is -0.571. The van der Waals surface area contributed by atoms with Gasteiger partial charge in [0.05, 0.1) is 5.69 Å². The predicted octanol–water partition coefficient (Wildman–Crippen LogP) is 2.40. The second-order valence-corrected chi connectivity index (χ2v) is 5.26. The Morgan fingerprint density at radius 3 is 2.68 bits per heavy atom. The molecule has 0 aliphatic rings. The van der Waals surface area contributed by atoms with Crippen LogP contribution < -0.4 is 10.8 Å². The maximum Gasteiger partial charge on any atom is 0.267 e. The molecule has 0 aliphatic heterocycles. The van der Waals surface area contributed by atoms with E-state index >= 15 is 0 Å². The van der Waals surface area contributed by atoms with Crippen LogP contribution in [-0.2, 0) is 11.3 Å². The maximum absolute atomic E-state index is 11.1. The molecule has 3 N–H and O–H groups in total. The second kappa shape index (κ2) is 7.89. The first kappa shape index (κ1) is 16.4. The minimum absolute atomic E-state index is 0.571. The third-order valence-electron chi connectivity index (χ3n) is 3.59. The molecule has 0 unspecified atom stereocenters. The fourth-order valence-corrected chi connectivity index (χ4v) is 2.31. The highest BCUT2D eigenvalue weighted by molar-refractivity contribution is 5.91. The third-order valence-corrected chi connectivity index (χ3v) is 3.59. The van der Waals surface area contributed by atoms with Gasteiger partial charge in [0, 0.05) is 18.3 Å². The van der Waals surface area contributed by atoms with Crippen molar-refractivity contribution in [2.45, 2.75) is 6.54 Å². The molecule has 0 fully saturated rings. The lowest BCUT2D eigenvalue weighted by molar-refractivity contribution is -0.124. The van der Waals surface area contributed by atoms with E-state index in [2.05, 4.69) is 15.4 Å². The summed E-state index contributed by atoms with van der Waals surface area (Å²) in [6.45, 7) is 0.634. The van der Waals surface area contributed by atoms with Crippen molar-refractivity contribution in [2.75, 3.05) is 5.32 Å². The fourth-order valence-electron chi connectivity index (χ4n) is 2.31. The number of aromatic nitrogens is 3. The van der Waals surface area contributed by atoms with Gasteiger partial charge in [-0.25, -0.2) is 15.1 Å². The average Bonchev–Trinajstić information content (AvgIpc) is 3.20. The molecular weight excluding hydrogens is 318 g/mol. The first-order valence-electron chi connectivity index (χ1n) is 7.65. The summed E-state index contributed by atoms with van der Waals surface area (Å²) >= 11 is 0. The number of hydrogen-bond acceptors (Lipinski definition) is 5. The van der Waals surface area contributed by atoms with E-state index in [0.717, 1.165) is 22.5 Å². The van der Waals surface area contributed by atoms with Gasteiger partial charge in [0.25, 0.3) is 5.91 Å². The van der Waals surface area contributed by atoms with Crippen molar-refractivity contribution in [3.63, 3.8) is 0 Å². The Bertz CT molecular complexity index is 857. The highest BCUT2D eigenvalue weighted by atomic mass is 16.5. The van der Waals surface area contributed by atoms with Gasteiger partial charge in [-0.1, -0.05) is 30.3 Å². The summed E-state index contributed by atoms with van der Waals surface area (Å²) in [5.41, 5.74) is 5.37. The van der Waals surface area contributed by atoms with Gasteiger partial charge in [0.15, 0.2) is 0 Å². The first-order valence-corrected chi connectivity index (χ1v) is 7.65. The van der Waals surface area contributed by atoms with Gasteiger partial charge in [0.2, 0.25) is 0 Å². The van der Waals surface area contributed by atoms with E-state index in [-0.39, 0.29) is 0 Å². The number of para-hydroxylation sites is 1. The van der Waals surface area contributed by atoms with Gasteiger partial charge < -0.3 is 5.32 Å². The van der Waals surface area contributed by atoms with E-state index in [9.17, 15) is 4.79 Å². The van der Waals surface area contributed by atoms with Gasteiger partial charge in [0.1, 0.15) is 12.7 Å². The molecular formula is C18H17N5O2. The molecule has 0 atom stereocenters. The quantitative estimate of drug-likeness (QED) is 0.365. The zero-order valence-corrected chi connectivity index (χ0v) is 13.3. The van der Waals surface area contributed by atoms with Crippen LogP contribution in [0.5, 0.6) is 0 Å². The van der Waals surface area contributed by atoms with Crippen molar-refractivity contribution in [1.29, 1.82) is 0 Å². The zero-order valence-electron chi connectivity index (χ0n) is 13.3. The minimum Gasteiger partial charge on any atom is -0.380 e. The molecule has 0 saturated carbocycles. The molecule has 1 heterocycles. The lowest BCUT2D eigenvalue weighted by atomic mass is 10.1. The molecule has 1 aromatic heterocycles. The Labute approximate surface area is 144 Å². The summed E-state index contributed by atoms with van der Waals surface area (Å²) in [6.07, 6.45) is 6.06. The predicted molar refractivity (Wildman–Crippen MR) is 94.1 cm³/mol. The molecule has 1 amide bonds. The number of anilines is 1. The Hall–Kier alpha value is -3.45. The fraction of sp³-hybridized carbons (Fsp3) is 0.0556. The second-order valence-electron chi connectivity index (χ2n) is 5.26. The Kier molecular flexibility index (Phi) is 5.18. The molecule has 7 heteroatoms. The van der Waals surface area contributed by atoms with Gasteiger partial charge >= 0.3 is 0 Å². The Morgan fingerprint density at radius 2 is 1.96 bits per heavy atom. The number of carbonyl (C=O) groups excluding carboxylic acids is 1. The normalized spacial score (nSPS) is 10.8. The Morgan fingerprint density at radius 1 is 1.16 bits per heavy atom. The molecule has 0 bridgehead atoms. The monoisotopic (exact) mass is 335 g/mol. The van der Waals surface area contributed by atoms with Crippen LogP contribution in [0.3, 0.4) is 0 Å². The molecule has 3 aromatic rings. The first-order chi connectivity index (χ1) is 12.3. The number of benzene rings is 2. The summed E-state index contributed by atoms with van der Waals surface area (Å²) in [7, 11) is 0. The van der Waals surface area contributed by atoms with Crippen molar-refractivity contribution in [3.8, 4) is 5.69 Å². The minimum atomic E-state index is -0.571. The van der Waals surface area contributed by atoms with Gasteiger partial charge in [-0.2, -0.15) is 5.10 Å². The van der Waals surface area contributed by atoms with E-state index in [1.165, 1.54) is 12.4 Å². The summed E-state index contributed by atoms with van der Waals surface area (Å²) in [5, 5.41) is 16.0. The van der Waals surface area contributed by atoms with Crippen LogP contribution in [0.15, 0.2) is 67.3 Å². The summed E-state index contributed by atoms with van der Waals surface area (Å²) in [6, 6.07) is 15.6. The molecule has 0 saturated heterocycles. The lowest BCUT2D eigenvalue weighted by Gasteiger charge is -2.10. The summed E-state index contributed by atoms with van der Waals surface area (Å²) in [4.78, 5) is 15.1. The molecule has 25 heavy (non-hydrogen) atoms. The van der Waals surface area contributed by atoms with Crippen molar-refractivity contribution >= 4 is 17.7 Å². The number of hydroxylamine groups is 1. The van der Waals surface area contributed by atoms with E-state index in [1.54, 1.807) is 22.6 Å². The van der Waals surface area contributed by atoms with Crippen molar-refractivity contribution < 1.29 is 10.0 Å². The van der Waals surface area contributed by atoms with Crippen molar-refractivity contribution in [3.05, 3.63) is 78.4 Å². The number of amides is 1. The lowest BCUT2D eigenvalue weighted by Crippen LogP contribution is -2.14. The van der Waals surface area contributed by atoms with Crippen LogP contribution >= 0.6 is 0 Å². The largest absolute Gasteiger partial charge is 0.380 e. The van der Waals surface area contributed by atoms with Crippen LogP contribution in [-0.4, -0.2) is 25.9 Å². The topological polar surface area (TPSA) is 92.1 Å². The van der Waals surface area contributed by atoms with Crippen LogP contribution in [0.25, 0.3) is 11.8 Å². The number of rotatable bonds is 6. The number of hydrogen-bond donors (Lipinski definition) is 3. The number of nitrogens with one attached hydrogen (secondary N) is 2. The van der Waals surface area contributed by atoms with Crippen LogP contribution in [0.2, 0.25) is 0 Å². The molecule has 2 aromatic carbocycles. The molecule has 0 spiro atoms. The molecule has 0 radical (unpaired) electrons. The SMILES string of the molecule is O=C(/C=C/c1ccccc1NCc1ccc(-n2cncn2)cc1)NO. The molecule has 3 rings (SSSR count). The van der Waals surface area contributed by atoms with Gasteiger partial charge in [-0.15, -0.1) is 0 Å². The molecule has 7 nitrogen and oxygen atoms in total. The van der Waals surface area contributed by atoms with E-state index in [4.69, 9.17) is 5.21 Å². The highest BCUT2D eigenvalue weighted by Gasteiger charge is 2.01. The zero-order chi connectivity index (χ0) is 17.5. The van der Waals surface area contributed by atoms with E-state index < -0.39 is 5.91 Å². The van der Waals surface area contributed by atoms with Crippen LogP contribution in [0.4, 0.5) is 5.69 Å². The van der Waals surface area contributed by atoms with Gasteiger partial charge in [-0.05, 0) is 35.4 Å².